The molecule has 9 heteroatoms. The van der Waals surface area contributed by atoms with E-state index in [1.165, 1.54) is 12.6 Å². The van der Waals surface area contributed by atoms with Crippen molar-refractivity contribution in [1.82, 2.24) is 10.8 Å². The molecule has 0 spiro atoms. The highest BCUT2D eigenvalue weighted by Gasteiger charge is 2.25. The van der Waals surface area contributed by atoms with Crippen LogP contribution in [-0.2, 0) is 31.9 Å². The minimum atomic E-state index is -0.766. The number of carbonyl (C=O) groups excluding carboxylic acids is 3. The maximum atomic E-state index is 11.7. The maximum absolute atomic E-state index is 11.7. The molecule has 0 saturated heterocycles. The Morgan fingerprint density at radius 3 is 1.85 bits per heavy atom. The van der Waals surface area contributed by atoms with Gasteiger partial charge in [-0.15, -0.1) is 0 Å². The van der Waals surface area contributed by atoms with Gasteiger partial charge in [-0.25, -0.2) is 15.1 Å². The molecule has 180 valence electrons. The van der Waals surface area contributed by atoms with Gasteiger partial charge in [0.15, 0.2) is 0 Å². The van der Waals surface area contributed by atoms with Gasteiger partial charge in [-0.1, -0.05) is 60.7 Å². The van der Waals surface area contributed by atoms with E-state index in [0.29, 0.717) is 12.8 Å². The number of hydrogen-bond donors (Lipinski definition) is 4. The lowest BCUT2D eigenvalue weighted by atomic mass is 10.1. The van der Waals surface area contributed by atoms with Crippen LogP contribution >= 0.6 is 0 Å². The minimum Gasteiger partial charge on any atom is -0.467 e. The van der Waals surface area contributed by atoms with Crippen LogP contribution in [0.25, 0.3) is 0 Å². The van der Waals surface area contributed by atoms with E-state index >= 15 is 0 Å². The fourth-order valence-electron chi connectivity index (χ4n) is 2.68. The van der Waals surface area contributed by atoms with Gasteiger partial charge < -0.3 is 20.5 Å². The molecular weight excluding hydrogens is 426 g/mol. The summed E-state index contributed by atoms with van der Waals surface area (Å²) in [6.45, 7) is 5.28. The molecule has 0 bridgehead atoms. The first-order valence-corrected chi connectivity index (χ1v) is 10.4. The summed E-state index contributed by atoms with van der Waals surface area (Å²) in [7, 11) is 1.29. The smallest absolute Gasteiger partial charge is 0.408 e. The number of alkyl carbamates (subject to hydrolysis) is 1. The quantitative estimate of drug-likeness (QED) is 0.283. The van der Waals surface area contributed by atoms with Gasteiger partial charge in [0.05, 0.1) is 13.2 Å². The number of hydrogen-bond acceptors (Lipinski definition) is 7. The number of nitrogens with one attached hydrogen (secondary N) is 2. The molecular formula is C24H33N3O6. The Labute approximate surface area is 194 Å². The van der Waals surface area contributed by atoms with Crippen LogP contribution in [0, 0.1) is 0 Å². The number of rotatable bonds is 7. The molecule has 2 amide bonds. The first-order valence-electron chi connectivity index (χ1n) is 10.4. The summed E-state index contributed by atoms with van der Waals surface area (Å²) in [4.78, 5) is 34.3. The second-order valence-corrected chi connectivity index (χ2v) is 8.18. The summed E-state index contributed by atoms with van der Waals surface area (Å²) < 4.78 is 9.85. The molecule has 33 heavy (non-hydrogen) atoms. The van der Waals surface area contributed by atoms with Crippen molar-refractivity contribution in [3.8, 4) is 0 Å². The first-order chi connectivity index (χ1) is 15.6. The number of ether oxygens (including phenoxy) is 2. The summed E-state index contributed by atoms with van der Waals surface area (Å²) >= 11 is 0. The molecule has 0 saturated carbocycles. The van der Waals surface area contributed by atoms with E-state index in [4.69, 9.17) is 20.4 Å². The van der Waals surface area contributed by atoms with Gasteiger partial charge in [0, 0.05) is 6.42 Å². The lowest BCUT2D eigenvalue weighted by molar-refractivity contribution is -0.143. The highest BCUT2D eigenvalue weighted by Crippen LogP contribution is 2.09. The average Bonchev–Trinajstić information content (AvgIpc) is 2.78. The van der Waals surface area contributed by atoms with Gasteiger partial charge in [-0.2, -0.15) is 0 Å². The molecule has 5 N–H and O–H groups in total. The SMILES string of the molecule is COC(=O)[C@H](Cc1ccccc1)NC(=O)OC(C)(C)C.N[C@@H](Cc1ccccc1)C(=O)NO. The Kier molecular flexibility index (Phi) is 11.6. The van der Waals surface area contributed by atoms with Crippen molar-refractivity contribution in [1.29, 1.82) is 0 Å². The molecule has 2 aromatic carbocycles. The van der Waals surface area contributed by atoms with E-state index in [0.717, 1.165) is 11.1 Å². The summed E-state index contributed by atoms with van der Waals surface area (Å²) in [5.41, 5.74) is 8.30. The van der Waals surface area contributed by atoms with Gasteiger partial charge >= 0.3 is 12.1 Å². The van der Waals surface area contributed by atoms with Crippen LogP contribution in [0.15, 0.2) is 60.7 Å². The zero-order valence-electron chi connectivity index (χ0n) is 19.4. The number of carbonyl (C=O) groups is 3. The molecule has 0 unspecified atom stereocenters. The van der Waals surface area contributed by atoms with Crippen molar-refractivity contribution < 1.29 is 29.1 Å². The molecule has 9 nitrogen and oxygen atoms in total. The summed E-state index contributed by atoms with van der Waals surface area (Å²) in [6.07, 6.45) is 0.142. The molecule has 0 aliphatic carbocycles. The van der Waals surface area contributed by atoms with Crippen molar-refractivity contribution in [2.75, 3.05) is 7.11 Å². The van der Waals surface area contributed by atoms with E-state index in [-0.39, 0.29) is 0 Å². The first kappa shape index (κ1) is 27.6. The van der Waals surface area contributed by atoms with E-state index in [2.05, 4.69) is 5.32 Å². The number of hydroxylamine groups is 1. The lowest BCUT2D eigenvalue weighted by Gasteiger charge is -2.22. The molecule has 0 radical (unpaired) electrons. The fourth-order valence-corrected chi connectivity index (χ4v) is 2.68. The zero-order chi connectivity index (χ0) is 24.9. The van der Waals surface area contributed by atoms with Crippen molar-refractivity contribution in [3.05, 3.63) is 71.8 Å². The van der Waals surface area contributed by atoms with Crippen LogP contribution in [0.2, 0.25) is 0 Å². The van der Waals surface area contributed by atoms with Crippen LogP contribution in [0.4, 0.5) is 4.79 Å². The Bertz CT molecular complexity index is 869. The molecule has 2 rings (SSSR count). The molecule has 0 aliphatic rings. The second kappa shape index (κ2) is 13.9. The third-order valence-corrected chi connectivity index (χ3v) is 4.20. The Balaban J connectivity index is 0.000000361. The predicted octanol–water partition coefficient (Wildman–Crippen LogP) is 2.36. The van der Waals surface area contributed by atoms with Gasteiger partial charge in [-0.05, 0) is 38.3 Å². The highest BCUT2D eigenvalue weighted by atomic mass is 16.6. The number of methoxy groups -OCH3 is 1. The summed E-state index contributed by atoms with van der Waals surface area (Å²) in [5, 5.41) is 10.8. The fraction of sp³-hybridized carbons (Fsp3) is 0.375. The van der Waals surface area contributed by atoms with Gasteiger partial charge in [0.25, 0.3) is 5.91 Å². The number of esters is 1. The molecule has 2 aromatic rings. The minimum absolute atomic E-state index is 0.354. The largest absolute Gasteiger partial charge is 0.467 e. The number of nitrogens with two attached hydrogens (primary N) is 1. The van der Waals surface area contributed by atoms with E-state index in [1.54, 1.807) is 20.8 Å². The van der Waals surface area contributed by atoms with E-state index < -0.39 is 35.7 Å². The monoisotopic (exact) mass is 459 g/mol. The Morgan fingerprint density at radius 2 is 1.42 bits per heavy atom. The summed E-state index contributed by atoms with van der Waals surface area (Å²) in [5.74, 6) is -1.07. The lowest BCUT2D eigenvalue weighted by Crippen LogP contribution is -2.45. The van der Waals surface area contributed by atoms with E-state index in [1.807, 2.05) is 60.7 Å². The van der Waals surface area contributed by atoms with E-state index in [9.17, 15) is 14.4 Å². The van der Waals surface area contributed by atoms with Crippen LogP contribution in [0.1, 0.15) is 31.9 Å². The zero-order valence-corrected chi connectivity index (χ0v) is 19.4. The molecule has 0 fully saturated rings. The van der Waals surface area contributed by atoms with Crippen LogP contribution < -0.4 is 16.5 Å². The topological polar surface area (TPSA) is 140 Å². The summed E-state index contributed by atoms with van der Waals surface area (Å²) in [6, 6.07) is 17.3. The second-order valence-electron chi connectivity index (χ2n) is 8.18. The van der Waals surface area contributed by atoms with Crippen molar-refractivity contribution in [3.63, 3.8) is 0 Å². The standard InChI is InChI=1S/C15H21NO4.C9H12N2O2/c1-15(2,3)20-14(18)16-12(13(17)19-4)10-11-8-6-5-7-9-11;10-8(9(12)11-13)6-7-4-2-1-3-5-7/h5-9,12H,10H2,1-4H3,(H,16,18);1-5,8,13H,6,10H2,(H,11,12)/t12-;8-/m00/s1. The normalized spacial score (nSPS) is 12.3. The predicted molar refractivity (Wildman–Crippen MR) is 123 cm³/mol. The molecule has 2 atom stereocenters. The van der Waals surface area contributed by atoms with Crippen LogP contribution in [0.3, 0.4) is 0 Å². The van der Waals surface area contributed by atoms with Crippen molar-refractivity contribution in [2.45, 2.75) is 51.3 Å². The average molecular weight is 460 g/mol. The van der Waals surface area contributed by atoms with Crippen LogP contribution in [0.5, 0.6) is 0 Å². The molecule has 0 aromatic heterocycles. The van der Waals surface area contributed by atoms with Crippen molar-refractivity contribution in [2.24, 2.45) is 5.73 Å². The Hall–Kier alpha value is -3.43. The number of amides is 2. The van der Waals surface area contributed by atoms with Gasteiger partial charge in [0.1, 0.15) is 11.6 Å². The molecule has 0 aliphatic heterocycles. The third-order valence-electron chi connectivity index (χ3n) is 4.20. The maximum Gasteiger partial charge on any atom is 0.408 e. The number of benzene rings is 2. The highest BCUT2D eigenvalue weighted by molar-refractivity contribution is 5.81. The van der Waals surface area contributed by atoms with Crippen LogP contribution in [-0.4, -0.2) is 48.0 Å². The van der Waals surface area contributed by atoms with Crippen molar-refractivity contribution >= 4 is 18.0 Å². The Morgan fingerprint density at radius 1 is 0.939 bits per heavy atom. The molecule has 0 heterocycles. The third kappa shape index (κ3) is 11.7. The van der Waals surface area contributed by atoms with Gasteiger partial charge in [0.2, 0.25) is 0 Å². The van der Waals surface area contributed by atoms with Gasteiger partial charge in [-0.3, -0.25) is 10.0 Å².